The molecule has 0 aliphatic carbocycles. The molecule has 0 saturated heterocycles. The number of nitrogens with zero attached hydrogens (tertiary/aromatic N) is 3. The van der Waals surface area contributed by atoms with Crippen molar-refractivity contribution in [3.8, 4) is 0 Å². The second kappa shape index (κ2) is 7.73. The molecule has 2 heterocycles. The molecule has 0 spiro atoms. The van der Waals surface area contributed by atoms with Gasteiger partial charge in [-0.3, -0.25) is 10.2 Å². The van der Waals surface area contributed by atoms with E-state index >= 15 is 0 Å². The van der Waals surface area contributed by atoms with Gasteiger partial charge in [0.1, 0.15) is 11.1 Å². The molecule has 0 radical (unpaired) electrons. The van der Waals surface area contributed by atoms with Crippen LogP contribution in [0.25, 0.3) is 0 Å². The van der Waals surface area contributed by atoms with Gasteiger partial charge in [0.25, 0.3) is 0 Å². The molecule has 0 fully saturated rings. The zero-order valence-corrected chi connectivity index (χ0v) is 12.6. The Hall–Kier alpha value is -3.17. The second-order valence-electron chi connectivity index (χ2n) is 4.11. The van der Waals surface area contributed by atoms with E-state index in [-0.39, 0.29) is 36.0 Å². The van der Waals surface area contributed by atoms with Crippen LogP contribution in [-0.2, 0) is 9.47 Å². The predicted octanol–water partition coefficient (Wildman–Crippen LogP) is 1.26. The molecule has 0 bridgehead atoms. The summed E-state index contributed by atoms with van der Waals surface area (Å²) in [6.45, 7) is 3.92. The van der Waals surface area contributed by atoms with E-state index in [1.54, 1.807) is 13.8 Å². The molecule has 10 nitrogen and oxygen atoms in total. The summed E-state index contributed by atoms with van der Waals surface area (Å²) in [6.07, 6.45) is 4.06. The van der Waals surface area contributed by atoms with Crippen LogP contribution in [-0.4, -0.2) is 51.9 Å². The molecule has 0 unspecified atom stereocenters. The number of H-pyrrole nitrogens is 2. The van der Waals surface area contributed by atoms with E-state index in [9.17, 15) is 9.59 Å². The maximum absolute atomic E-state index is 11.7. The highest BCUT2D eigenvalue weighted by Gasteiger charge is 2.16. The minimum atomic E-state index is -0.527. The first-order valence-electron chi connectivity index (χ1n) is 6.88. The van der Waals surface area contributed by atoms with Gasteiger partial charge in [-0.2, -0.15) is 10.2 Å². The number of hydrogen-bond acceptors (Lipinski definition) is 7. The zero-order valence-electron chi connectivity index (χ0n) is 12.6. The lowest BCUT2D eigenvalue weighted by atomic mass is 10.3. The molecule has 0 aromatic carbocycles. The largest absolute Gasteiger partial charge is 0.462 e. The van der Waals surface area contributed by atoms with Crippen molar-refractivity contribution in [1.82, 2.24) is 20.4 Å². The van der Waals surface area contributed by atoms with Gasteiger partial charge in [-0.15, -0.1) is 0 Å². The lowest BCUT2D eigenvalue weighted by Gasteiger charge is -2.01. The van der Waals surface area contributed by atoms with Crippen molar-refractivity contribution in [2.24, 2.45) is 4.99 Å². The molecule has 0 saturated carbocycles. The number of anilines is 1. The summed E-state index contributed by atoms with van der Waals surface area (Å²) in [4.78, 5) is 27.4. The number of aromatic nitrogens is 4. The Kier molecular flexibility index (Phi) is 5.45. The highest BCUT2D eigenvalue weighted by Crippen LogP contribution is 2.16. The van der Waals surface area contributed by atoms with Crippen molar-refractivity contribution < 1.29 is 19.1 Å². The number of hydrogen-bond donors (Lipinski definition) is 3. The molecular weight excluding hydrogens is 304 g/mol. The Morgan fingerprint density at radius 3 is 2.43 bits per heavy atom. The van der Waals surface area contributed by atoms with Gasteiger partial charge in [0.05, 0.1) is 19.6 Å². The van der Waals surface area contributed by atoms with E-state index in [0.29, 0.717) is 0 Å². The molecule has 0 atom stereocenters. The topological polar surface area (TPSA) is 134 Å². The predicted molar refractivity (Wildman–Crippen MR) is 80.9 cm³/mol. The first-order valence-corrected chi connectivity index (χ1v) is 6.88. The van der Waals surface area contributed by atoms with Gasteiger partial charge in [-0.25, -0.2) is 14.6 Å². The number of aliphatic imine (C=N–C) groups is 1. The van der Waals surface area contributed by atoms with Crippen LogP contribution >= 0.6 is 0 Å². The number of nitrogens with one attached hydrogen (secondary N) is 3. The zero-order chi connectivity index (χ0) is 16.7. The summed E-state index contributed by atoms with van der Waals surface area (Å²) in [5.41, 5.74) is 0.448. The van der Waals surface area contributed by atoms with Crippen molar-refractivity contribution in [2.75, 3.05) is 18.5 Å². The quantitative estimate of drug-likeness (QED) is 0.397. The van der Waals surface area contributed by atoms with Crippen molar-refractivity contribution in [3.05, 3.63) is 23.5 Å². The van der Waals surface area contributed by atoms with E-state index in [1.165, 1.54) is 18.7 Å². The molecule has 0 amide bonds. The summed E-state index contributed by atoms with van der Waals surface area (Å²) in [7, 11) is 0. The molecule has 2 aromatic rings. The molecule has 0 aliphatic heterocycles. The van der Waals surface area contributed by atoms with Crippen LogP contribution in [0.1, 0.15) is 34.6 Å². The molecule has 0 aliphatic rings. The van der Waals surface area contributed by atoms with E-state index in [2.05, 4.69) is 30.7 Å². The molecule has 122 valence electrons. The minimum absolute atomic E-state index is 0.157. The Morgan fingerprint density at radius 2 is 1.74 bits per heavy atom. The van der Waals surface area contributed by atoms with Gasteiger partial charge in [0.15, 0.2) is 11.6 Å². The average Bonchev–Trinajstić information content (AvgIpc) is 3.17. The Labute approximate surface area is 131 Å². The van der Waals surface area contributed by atoms with E-state index in [1.807, 2.05) is 0 Å². The highest BCUT2D eigenvalue weighted by molar-refractivity contribution is 5.97. The van der Waals surface area contributed by atoms with Gasteiger partial charge in [-0.05, 0) is 13.8 Å². The van der Waals surface area contributed by atoms with E-state index in [4.69, 9.17) is 9.47 Å². The summed E-state index contributed by atoms with van der Waals surface area (Å²) < 4.78 is 9.78. The van der Waals surface area contributed by atoms with Gasteiger partial charge in [0.2, 0.25) is 0 Å². The fourth-order valence-corrected chi connectivity index (χ4v) is 1.66. The first-order chi connectivity index (χ1) is 11.2. The number of rotatable bonds is 7. The third-order valence-electron chi connectivity index (χ3n) is 2.64. The Morgan fingerprint density at radius 1 is 1.13 bits per heavy atom. The van der Waals surface area contributed by atoms with E-state index < -0.39 is 11.9 Å². The SMILES string of the molecule is CCOC(=O)c1c[nH]nc1/N=C/Nc1n[nH]cc1C(=O)OCC. The van der Waals surface area contributed by atoms with E-state index in [0.717, 1.165) is 0 Å². The van der Waals surface area contributed by atoms with Crippen LogP contribution in [0, 0.1) is 0 Å². The van der Waals surface area contributed by atoms with Crippen molar-refractivity contribution >= 4 is 29.9 Å². The highest BCUT2D eigenvalue weighted by atomic mass is 16.5. The standard InChI is InChI=1S/C13H16N6O4/c1-3-22-12(20)8-5-16-18-10(8)14-7-15-11-9(6-17-19-11)13(21)23-4-2/h5-7H,3-4H2,1-2H3,(H3,14,15,16,17,18,19). The maximum Gasteiger partial charge on any atom is 0.343 e. The monoisotopic (exact) mass is 320 g/mol. The van der Waals surface area contributed by atoms with Crippen molar-refractivity contribution in [1.29, 1.82) is 0 Å². The lowest BCUT2D eigenvalue weighted by Crippen LogP contribution is -2.07. The summed E-state index contributed by atoms with van der Waals surface area (Å²) in [6, 6.07) is 0. The molecular formula is C13H16N6O4. The number of ether oxygens (including phenoxy) is 2. The smallest absolute Gasteiger partial charge is 0.343 e. The fourth-order valence-electron chi connectivity index (χ4n) is 1.66. The van der Waals surface area contributed by atoms with Crippen molar-refractivity contribution in [2.45, 2.75) is 13.8 Å². The van der Waals surface area contributed by atoms with Gasteiger partial charge < -0.3 is 14.8 Å². The summed E-state index contributed by atoms with van der Waals surface area (Å²) in [5.74, 6) is -0.630. The third kappa shape index (κ3) is 3.93. The third-order valence-corrected chi connectivity index (χ3v) is 2.64. The minimum Gasteiger partial charge on any atom is -0.462 e. The lowest BCUT2D eigenvalue weighted by molar-refractivity contribution is 0.0518. The van der Waals surface area contributed by atoms with Gasteiger partial charge in [-0.1, -0.05) is 0 Å². The average molecular weight is 320 g/mol. The Balaban J connectivity index is 2.06. The van der Waals surface area contributed by atoms with Crippen LogP contribution in [0.4, 0.5) is 11.6 Å². The van der Waals surface area contributed by atoms with Gasteiger partial charge >= 0.3 is 11.9 Å². The molecule has 23 heavy (non-hydrogen) atoms. The molecule has 3 N–H and O–H groups in total. The van der Waals surface area contributed by atoms with Crippen LogP contribution in [0.2, 0.25) is 0 Å². The number of aromatic amines is 2. The van der Waals surface area contributed by atoms with Crippen molar-refractivity contribution in [3.63, 3.8) is 0 Å². The molecule has 10 heteroatoms. The summed E-state index contributed by atoms with van der Waals surface area (Å²) in [5, 5.41) is 15.5. The fraction of sp³-hybridized carbons (Fsp3) is 0.308. The van der Waals surface area contributed by atoms with Crippen LogP contribution in [0.5, 0.6) is 0 Å². The first kappa shape index (κ1) is 16.2. The molecule has 2 aromatic heterocycles. The normalized spacial score (nSPS) is 10.7. The summed E-state index contributed by atoms with van der Waals surface area (Å²) >= 11 is 0. The van der Waals surface area contributed by atoms with Crippen LogP contribution < -0.4 is 5.32 Å². The van der Waals surface area contributed by atoms with Crippen LogP contribution in [0.15, 0.2) is 17.4 Å². The number of carbonyl (C=O) groups is 2. The number of esters is 2. The van der Waals surface area contributed by atoms with Gasteiger partial charge in [0, 0.05) is 12.4 Å². The second-order valence-corrected chi connectivity index (χ2v) is 4.11. The number of carbonyl (C=O) groups excluding carboxylic acids is 2. The van der Waals surface area contributed by atoms with Crippen LogP contribution in [0.3, 0.4) is 0 Å². The molecule has 2 rings (SSSR count). The Bertz CT molecular complexity index is 705. The maximum atomic E-state index is 11.7.